The smallest absolute Gasteiger partial charge is 0.0925 e. The predicted octanol–water partition coefficient (Wildman–Crippen LogP) is 4.98. The largest absolute Gasteiger partial charge is 0.142 e. The van der Waals surface area contributed by atoms with Crippen molar-refractivity contribution < 1.29 is 0 Å². The van der Waals surface area contributed by atoms with Crippen LogP contribution in [-0.2, 0) is 0 Å². The Balaban J connectivity index is 2.09. The van der Waals surface area contributed by atoms with Crippen molar-refractivity contribution in [3.8, 4) is 0 Å². The molecule has 1 aromatic heterocycles. The average Bonchev–Trinajstić information content (AvgIpc) is 2.74. The molecule has 0 bridgehead atoms. The molecule has 0 nitrogen and oxygen atoms in total. The van der Waals surface area contributed by atoms with Crippen molar-refractivity contribution in [1.82, 2.24) is 0 Å². The summed E-state index contributed by atoms with van der Waals surface area (Å²) in [7, 11) is 0. The number of hydrogen-bond donors (Lipinski definition) is 0. The molecule has 0 fully saturated rings. The van der Waals surface area contributed by atoms with Gasteiger partial charge in [-0.15, -0.1) is 11.3 Å². The van der Waals surface area contributed by atoms with Crippen LogP contribution in [0.2, 0.25) is 0 Å². The van der Waals surface area contributed by atoms with Gasteiger partial charge in [-0.2, -0.15) is 0 Å². The topological polar surface area (TPSA) is 0 Å². The molecule has 4 heteroatoms. The zero-order chi connectivity index (χ0) is 10.7. The number of hydrogen-bond acceptors (Lipinski definition) is 3. The summed E-state index contributed by atoms with van der Waals surface area (Å²) in [6.45, 7) is 0. The Morgan fingerprint density at radius 2 is 1.93 bits per heavy atom. The van der Waals surface area contributed by atoms with Crippen molar-refractivity contribution in [3.05, 3.63) is 51.1 Å². The lowest BCUT2D eigenvalue weighted by Gasteiger charge is -2.01. The van der Waals surface area contributed by atoms with Crippen LogP contribution in [0.4, 0.5) is 0 Å². The first-order valence-electron chi connectivity index (χ1n) is 4.27. The maximum absolute atomic E-state index is 5.35. The van der Waals surface area contributed by atoms with Crippen LogP contribution in [0.3, 0.4) is 0 Å². The van der Waals surface area contributed by atoms with Crippen molar-refractivity contribution >= 4 is 55.4 Å². The number of rotatable bonds is 2. The zero-order valence-electron chi connectivity index (χ0n) is 7.64. The molecule has 0 radical (unpaired) electrons. The van der Waals surface area contributed by atoms with Crippen LogP contribution in [0.15, 0.2) is 51.1 Å². The van der Waals surface area contributed by atoms with Crippen LogP contribution >= 0.6 is 51.2 Å². The highest BCUT2D eigenvalue weighted by Gasteiger charge is 2.04. The van der Waals surface area contributed by atoms with E-state index in [1.807, 2.05) is 23.6 Å². The predicted molar refractivity (Wildman–Crippen MR) is 76.0 cm³/mol. The molecule has 0 atom stereocenters. The van der Waals surface area contributed by atoms with Gasteiger partial charge in [-0.05, 0) is 35.7 Å². The first-order chi connectivity index (χ1) is 7.25. The quantitative estimate of drug-likeness (QED) is 0.566. The second-order valence-electron chi connectivity index (χ2n) is 2.82. The fourth-order valence-electron chi connectivity index (χ4n) is 1.05. The second kappa shape index (κ2) is 5.25. The third kappa shape index (κ3) is 3.14. The summed E-state index contributed by atoms with van der Waals surface area (Å²) in [4.78, 5) is 2.34. The summed E-state index contributed by atoms with van der Waals surface area (Å²) in [6.07, 6.45) is 0. The fraction of sp³-hybridized carbons (Fsp3) is 0. The molecule has 0 N–H and O–H groups in total. The minimum Gasteiger partial charge on any atom is -0.142 e. The number of benzene rings is 1. The molecule has 0 aliphatic carbocycles. The molecule has 76 valence electrons. The van der Waals surface area contributed by atoms with Gasteiger partial charge in [0.15, 0.2) is 0 Å². The first kappa shape index (κ1) is 11.3. The molecule has 15 heavy (non-hydrogen) atoms. The van der Waals surface area contributed by atoms with E-state index in [1.165, 1.54) is 4.90 Å². The van der Waals surface area contributed by atoms with E-state index in [-0.39, 0.29) is 0 Å². The summed E-state index contributed by atoms with van der Waals surface area (Å²) in [5, 5.41) is 2.05. The van der Waals surface area contributed by atoms with E-state index in [0.717, 1.165) is 13.5 Å². The van der Waals surface area contributed by atoms with Gasteiger partial charge in [-0.1, -0.05) is 46.0 Å². The van der Waals surface area contributed by atoms with E-state index in [9.17, 15) is 0 Å². The van der Waals surface area contributed by atoms with Crippen LogP contribution < -0.4 is 0 Å². The zero-order valence-corrected chi connectivity index (χ0v) is 11.7. The van der Waals surface area contributed by atoms with Gasteiger partial charge >= 0.3 is 0 Å². The molecule has 1 aromatic carbocycles. The summed E-state index contributed by atoms with van der Waals surface area (Å²) in [5.41, 5.74) is 0. The molecule has 0 saturated carbocycles. The van der Waals surface area contributed by atoms with Crippen molar-refractivity contribution in [2.45, 2.75) is 4.90 Å². The monoisotopic (exact) mass is 314 g/mol. The van der Waals surface area contributed by atoms with E-state index >= 15 is 0 Å². The van der Waals surface area contributed by atoms with Crippen LogP contribution in [0, 0.1) is 0 Å². The Kier molecular flexibility index (Phi) is 3.97. The SMILES string of the molecule is S=C(Sc1ccc(Br)cc1)c1cccs1. The van der Waals surface area contributed by atoms with Crippen molar-refractivity contribution in [2.75, 3.05) is 0 Å². The third-order valence-corrected chi connectivity index (χ3v) is 4.80. The maximum atomic E-state index is 5.35. The molecular formula is C11H7BrS3. The van der Waals surface area contributed by atoms with Gasteiger partial charge in [-0.3, -0.25) is 0 Å². The number of thiophene rings is 1. The molecular weight excluding hydrogens is 308 g/mol. The van der Waals surface area contributed by atoms with E-state index in [0.29, 0.717) is 0 Å². The average molecular weight is 315 g/mol. The summed E-state index contributed by atoms with van der Waals surface area (Å²) >= 11 is 12.1. The number of thioether (sulfide) groups is 1. The molecule has 2 aromatic rings. The molecule has 0 spiro atoms. The number of halogens is 1. The van der Waals surface area contributed by atoms with Crippen LogP contribution in [0.25, 0.3) is 0 Å². The summed E-state index contributed by atoms with van der Waals surface area (Å²) < 4.78 is 2.03. The number of thiocarbonyl (C=S) groups is 1. The van der Waals surface area contributed by atoms with Crippen molar-refractivity contribution in [2.24, 2.45) is 0 Å². The van der Waals surface area contributed by atoms with Gasteiger partial charge in [0.25, 0.3) is 0 Å². The Morgan fingerprint density at radius 1 is 1.20 bits per heavy atom. The van der Waals surface area contributed by atoms with Gasteiger partial charge in [0.2, 0.25) is 0 Å². The molecule has 1 heterocycles. The lowest BCUT2D eigenvalue weighted by molar-refractivity contribution is 1.45. The van der Waals surface area contributed by atoms with Crippen LogP contribution in [-0.4, -0.2) is 4.20 Å². The van der Waals surface area contributed by atoms with Crippen LogP contribution in [0.1, 0.15) is 4.88 Å². The molecule has 0 aliphatic rings. The third-order valence-electron chi connectivity index (χ3n) is 1.75. The molecule has 0 amide bonds. The van der Waals surface area contributed by atoms with Gasteiger partial charge < -0.3 is 0 Å². The molecule has 0 saturated heterocycles. The Labute approximate surface area is 111 Å². The Bertz CT molecular complexity index is 445. The first-order valence-corrected chi connectivity index (χ1v) is 7.17. The standard InChI is InChI=1S/C11H7BrS3/c12-8-3-5-9(6-4-8)15-11(13)10-2-1-7-14-10/h1-7H. The second-order valence-corrected chi connectivity index (χ2v) is 6.43. The van der Waals surface area contributed by atoms with Gasteiger partial charge in [0.1, 0.15) is 0 Å². The van der Waals surface area contributed by atoms with Crippen LogP contribution in [0.5, 0.6) is 0 Å². The normalized spacial score (nSPS) is 10.2. The maximum Gasteiger partial charge on any atom is 0.0925 e. The van der Waals surface area contributed by atoms with Gasteiger partial charge in [0.05, 0.1) is 9.07 Å². The van der Waals surface area contributed by atoms with Gasteiger partial charge in [0, 0.05) is 9.37 Å². The van der Waals surface area contributed by atoms with E-state index in [1.54, 1.807) is 23.1 Å². The highest BCUT2D eigenvalue weighted by Crippen LogP contribution is 2.27. The summed E-state index contributed by atoms with van der Waals surface area (Å²) in [6, 6.07) is 12.3. The highest BCUT2D eigenvalue weighted by atomic mass is 79.9. The van der Waals surface area contributed by atoms with E-state index in [2.05, 4.69) is 34.1 Å². The molecule has 0 aliphatic heterocycles. The lowest BCUT2D eigenvalue weighted by atomic mass is 10.4. The molecule has 2 rings (SSSR count). The highest BCUT2D eigenvalue weighted by molar-refractivity contribution is 9.10. The lowest BCUT2D eigenvalue weighted by Crippen LogP contribution is -1.85. The summed E-state index contributed by atoms with van der Waals surface area (Å²) in [5.74, 6) is 0. The van der Waals surface area contributed by atoms with E-state index in [4.69, 9.17) is 12.2 Å². The minimum atomic E-state index is 0.937. The van der Waals surface area contributed by atoms with Crippen molar-refractivity contribution in [3.63, 3.8) is 0 Å². The fourth-order valence-corrected chi connectivity index (χ4v) is 3.30. The van der Waals surface area contributed by atoms with Crippen molar-refractivity contribution in [1.29, 1.82) is 0 Å². The molecule has 0 unspecified atom stereocenters. The Morgan fingerprint density at radius 3 is 2.53 bits per heavy atom. The minimum absolute atomic E-state index is 0.937. The van der Waals surface area contributed by atoms with E-state index < -0.39 is 0 Å². The Hall–Kier alpha value is -0.160. The van der Waals surface area contributed by atoms with Gasteiger partial charge in [-0.25, -0.2) is 0 Å².